The zero-order chi connectivity index (χ0) is 20.6. The molecule has 30 heavy (non-hydrogen) atoms. The summed E-state index contributed by atoms with van der Waals surface area (Å²) in [5, 5.41) is 0. The maximum absolute atomic E-state index is 13.6. The van der Waals surface area contributed by atoms with Crippen LogP contribution in [0.4, 0.5) is 0 Å². The fraction of sp³-hybridized carbons (Fsp3) is 0.0690. The lowest BCUT2D eigenvalue weighted by atomic mass is 9.67. The van der Waals surface area contributed by atoms with E-state index in [2.05, 4.69) is 79.7 Å². The van der Waals surface area contributed by atoms with E-state index in [9.17, 15) is 4.79 Å². The number of allylic oxidation sites excluding steroid dienone is 8. The van der Waals surface area contributed by atoms with Crippen molar-refractivity contribution in [2.24, 2.45) is 5.41 Å². The first-order valence-corrected chi connectivity index (χ1v) is 10.3. The van der Waals surface area contributed by atoms with Gasteiger partial charge in [0.1, 0.15) is 5.41 Å². The molecule has 0 radical (unpaired) electrons. The van der Waals surface area contributed by atoms with Gasteiger partial charge < -0.3 is 0 Å². The summed E-state index contributed by atoms with van der Waals surface area (Å²) in [5.41, 5.74) is 6.83. The second-order valence-corrected chi connectivity index (χ2v) is 7.84. The molecular formula is C29H22O. The minimum absolute atomic E-state index is 0.0996. The zero-order valence-electron chi connectivity index (χ0n) is 16.9. The van der Waals surface area contributed by atoms with Crippen LogP contribution in [0.2, 0.25) is 0 Å². The molecule has 0 aliphatic heterocycles. The molecule has 2 aliphatic carbocycles. The van der Waals surface area contributed by atoms with Gasteiger partial charge in [0.05, 0.1) is 0 Å². The van der Waals surface area contributed by atoms with Crippen molar-refractivity contribution < 1.29 is 4.79 Å². The number of rotatable bonds is 3. The molecule has 1 atom stereocenters. The monoisotopic (exact) mass is 386 g/mol. The number of ketones is 1. The van der Waals surface area contributed by atoms with Gasteiger partial charge in [-0.1, -0.05) is 109 Å². The summed E-state index contributed by atoms with van der Waals surface area (Å²) < 4.78 is 0. The number of hydrogen-bond donors (Lipinski definition) is 0. The molecule has 0 N–H and O–H groups in total. The van der Waals surface area contributed by atoms with E-state index < -0.39 is 5.41 Å². The molecule has 0 saturated heterocycles. The first-order valence-electron chi connectivity index (χ1n) is 10.3. The SMILES string of the molecule is Cc1cccc(C2=CC(c3ccccc3)=C(c3ccccc3)C23C=CC=CC3=O)c1. The average molecular weight is 386 g/mol. The molecule has 1 spiro atoms. The first-order chi connectivity index (χ1) is 14.7. The van der Waals surface area contributed by atoms with Gasteiger partial charge in [0.25, 0.3) is 0 Å². The van der Waals surface area contributed by atoms with Crippen molar-refractivity contribution in [2.45, 2.75) is 6.92 Å². The third-order valence-corrected chi connectivity index (χ3v) is 5.95. The number of aryl methyl sites for hydroxylation is 1. The fourth-order valence-electron chi connectivity index (χ4n) is 4.62. The highest BCUT2D eigenvalue weighted by Gasteiger charge is 2.48. The van der Waals surface area contributed by atoms with Gasteiger partial charge in [-0.15, -0.1) is 0 Å². The third kappa shape index (κ3) is 2.83. The molecule has 0 aromatic heterocycles. The van der Waals surface area contributed by atoms with E-state index in [4.69, 9.17) is 0 Å². The Bertz CT molecular complexity index is 1240. The summed E-state index contributed by atoms with van der Waals surface area (Å²) >= 11 is 0. The highest BCUT2D eigenvalue weighted by atomic mass is 16.1. The average Bonchev–Trinajstić information content (AvgIpc) is 3.13. The quantitative estimate of drug-likeness (QED) is 0.490. The van der Waals surface area contributed by atoms with Gasteiger partial charge in [0.2, 0.25) is 0 Å². The predicted octanol–water partition coefficient (Wildman–Crippen LogP) is 6.68. The first kappa shape index (κ1) is 18.3. The van der Waals surface area contributed by atoms with Gasteiger partial charge in [-0.3, -0.25) is 4.79 Å². The Hall–Kier alpha value is -3.71. The highest BCUT2D eigenvalue weighted by molar-refractivity contribution is 6.25. The molecule has 0 fully saturated rings. The van der Waals surface area contributed by atoms with Gasteiger partial charge in [-0.2, -0.15) is 0 Å². The van der Waals surface area contributed by atoms with Gasteiger partial charge >= 0.3 is 0 Å². The van der Waals surface area contributed by atoms with Crippen LogP contribution >= 0.6 is 0 Å². The summed E-state index contributed by atoms with van der Waals surface area (Å²) in [4.78, 5) is 13.6. The molecule has 1 heteroatoms. The second-order valence-electron chi connectivity index (χ2n) is 7.84. The Kier molecular flexibility index (Phi) is 4.44. The van der Waals surface area contributed by atoms with Crippen LogP contribution < -0.4 is 0 Å². The topological polar surface area (TPSA) is 17.1 Å². The van der Waals surface area contributed by atoms with Crippen LogP contribution in [-0.2, 0) is 4.79 Å². The van der Waals surface area contributed by atoms with Gasteiger partial charge in [0.15, 0.2) is 5.78 Å². The van der Waals surface area contributed by atoms with Gasteiger partial charge in [-0.05, 0) is 52.5 Å². The normalized spacial score (nSPS) is 20.2. The van der Waals surface area contributed by atoms with Crippen molar-refractivity contribution in [2.75, 3.05) is 0 Å². The molecule has 1 nitrogen and oxygen atoms in total. The van der Waals surface area contributed by atoms with Crippen LogP contribution in [0.1, 0.15) is 22.3 Å². The van der Waals surface area contributed by atoms with Crippen LogP contribution in [-0.4, -0.2) is 5.78 Å². The van der Waals surface area contributed by atoms with Crippen molar-refractivity contribution in [3.63, 3.8) is 0 Å². The van der Waals surface area contributed by atoms with Crippen molar-refractivity contribution >= 4 is 22.5 Å². The molecule has 5 rings (SSSR count). The lowest BCUT2D eigenvalue weighted by Gasteiger charge is -2.33. The van der Waals surface area contributed by atoms with Crippen LogP contribution in [0, 0.1) is 12.3 Å². The summed E-state index contributed by atoms with van der Waals surface area (Å²) in [6.45, 7) is 2.09. The van der Waals surface area contributed by atoms with E-state index in [0.717, 1.165) is 33.4 Å². The summed E-state index contributed by atoms with van der Waals surface area (Å²) in [6.07, 6.45) is 9.84. The lowest BCUT2D eigenvalue weighted by molar-refractivity contribution is -0.117. The highest BCUT2D eigenvalue weighted by Crippen LogP contribution is 2.57. The lowest BCUT2D eigenvalue weighted by Crippen LogP contribution is -2.30. The van der Waals surface area contributed by atoms with Gasteiger partial charge in [-0.25, -0.2) is 0 Å². The smallest absolute Gasteiger partial charge is 0.174 e. The van der Waals surface area contributed by atoms with Crippen molar-refractivity contribution in [1.82, 2.24) is 0 Å². The van der Waals surface area contributed by atoms with E-state index in [1.165, 1.54) is 5.56 Å². The molecular weight excluding hydrogens is 364 g/mol. The van der Waals surface area contributed by atoms with E-state index in [-0.39, 0.29) is 5.78 Å². The number of hydrogen-bond acceptors (Lipinski definition) is 1. The van der Waals surface area contributed by atoms with Crippen molar-refractivity contribution in [3.8, 4) is 0 Å². The van der Waals surface area contributed by atoms with Crippen LogP contribution in [0.3, 0.4) is 0 Å². The Balaban J connectivity index is 1.86. The van der Waals surface area contributed by atoms with E-state index >= 15 is 0 Å². The van der Waals surface area contributed by atoms with E-state index in [1.807, 2.05) is 36.4 Å². The molecule has 3 aromatic carbocycles. The van der Waals surface area contributed by atoms with Crippen molar-refractivity contribution in [3.05, 3.63) is 138 Å². The Labute approximate surface area is 177 Å². The summed E-state index contributed by atoms with van der Waals surface area (Å²) in [6, 6.07) is 29.1. The molecule has 0 heterocycles. The molecule has 2 aliphatic rings. The summed E-state index contributed by atoms with van der Waals surface area (Å²) in [5.74, 6) is 0.0996. The Morgan fingerprint density at radius 1 is 0.700 bits per heavy atom. The van der Waals surface area contributed by atoms with E-state index in [1.54, 1.807) is 6.08 Å². The summed E-state index contributed by atoms with van der Waals surface area (Å²) in [7, 11) is 0. The maximum atomic E-state index is 13.6. The molecule has 0 amide bonds. The number of carbonyl (C=O) groups is 1. The maximum Gasteiger partial charge on any atom is 0.174 e. The standard InChI is InChI=1S/C29H22O/c1-21-11-10-16-24(19-21)26-20-25(22-12-4-2-5-13-22)28(23-14-6-3-7-15-23)29(26)18-9-8-17-27(29)30/h2-20H,1H3. The predicted molar refractivity (Wildman–Crippen MR) is 125 cm³/mol. The zero-order valence-corrected chi connectivity index (χ0v) is 16.9. The van der Waals surface area contributed by atoms with E-state index in [0.29, 0.717) is 0 Å². The largest absolute Gasteiger partial charge is 0.293 e. The number of benzene rings is 3. The van der Waals surface area contributed by atoms with Crippen LogP contribution in [0.5, 0.6) is 0 Å². The number of carbonyl (C=O) groups excluding carboxylic acids is 1. The molecule has 3 aromatic rings. The van der Waals surface area contributed by atoms with Crippen molar-refractivity contribution in [1.29, 1.82) is 0 Å². The molecule has 0 saturated carbocycles. The molecule has 1 unspecified atom stereocenters. The van der Waals surface area contributed by atoms with Crippen LogP contribution in [0.25, 0.3) is 16.7 Å². The Morgan fingerprint density at radius 2 is 1.37 bits per heavy atom. The minimum atomic E-state index is -0.824. The minimum Gasteiger partial charge on any atom is -0.293 e. The second kappa shape index (κ2) is 7.27. The van der Waals surface area contributed by atoms with Crippen LogP contribution in [0.15, 0.2) is 115 Å². The molecule has 0 bridgehead atoms. The third-order valence-electron chi connectivity index (χ3n) is 5.95. The Morgan fingerprint density at radius 3 is 2.03 bits per heavy atom. The molecule has 144 valence electrons. The van der Waals surface area contributed by atoms with Gasteiger partial charge in [0, 0.05) is 0 Å². The fourth-order valence-corrected chi connectivity index (χ4v) is 4.62.